The molecule has 1 saturated heterocycles. The minimum atomic E-state index is -1.94. The topological polar surface area (TPSA) is 54.0 Å². The Kier molecular flexibility index (Phi) is 7.42. The maximum atomic E-state index is 13.7. The molecule has 0 spiro atoms. The van der Waals surface area contributed by atoms with Gasteiger partial charge in [0.05, 0.1) is 16.7 Å². The lowest BCUT2D eigenvalue weighted by Crippen LogP contribution is -2.44. The first-order chi connectivity index (χ1) is 18.4. The van der Waals surface area contributed by atoms with E-state index in [0.717, 1.165) is 27.8 Å². The van der Waals surface area contributed by atoms with Crippen LogP contribution in [0.25, 0.3) is 5.57 Å². The summed E-state index contributed by atoms with van der Waals surface area (Å²) in [5, 5.41) is 1.08. The number of allylic oxidation sites excluding steroid dienone is 2. The highest BCUT2D eigenvalue weighted by molar-refractivity contribution is 6.74. The van der Waals surface area contributed by atoms with E-state index in [-0.39, 0.29) is 28.4 Å². The summed E-state index contributed by atoms with van der Waals surface area (Å²) in [7, 11) is -1.94. The number of Topliss-reactive ketones (excluding diaryl/α,β-unsaturated/α-hetero) is 1. The van der Waals surface area contributed by atoms with E-state index >= 15 is 0 Å². The number of hydrogen-bond donors (Lipinski definition) is 0. The number of ketones is 1. The molecule has 2 aromatic carbocycles. The summed E-state index contributed by atoms with van der Waals surface area (Å²) in [6, 6.07) is 9.46. The van der Waals surface area contributed by atoms with Crippen LogP contribution >= 0.6 is 23.2 Å². The fraction of sp³-hybridized carbons (Fsp3) is 0.531. The average Bonchev–Trinajstić information content (AvgIpc) is 3.36. The molecule has 216 valence electrons. The molecule has 5 rings (SSSR count). The van der Waals surface area contributed by atoms with Crippen LogP contribution < -0.4 is 4.74 Å². The minimum Gasteiger partial charge on any atom is -0.491 e. The number of halogens is 2. The second-order valence-electron chi connectivity index (χ2n) is 13.7. The second-order valence-corrected chi connectivity index (χ2v) is 19.3. The molecule has 0 N–H and O–H groups in total. The van der Waals surface area contributed by atoms with Gasteiger partial charge in [-0.3, -0.25) is 4.79 Å². The van der Waals surface area contributed by atoms with Gasteiger partial charge in [-0.05, 0) is 91.0 Å². The zero-order valence-electron chi connectivity index (χ0n) is 25.0. The number of carbonyl (C=O) groups is 1. The van der Waals surface area contributed by atoms with Crippen molar-refractivity contribution in [2.45, 2.75) is 96.4 Å². The zero-order valence-corrected chi connectivity index (χ0v) is 27.5. The molecular formula is C32H40Cl2O5Si. The predicted octanol–water partition coefficient (Wildman–Crippen LogP) is 8.40. The fourth-order valence-electron chi connectivity index (χ4n) is 5.70. The lowest BCUT2D eigenvalue weighted by molar-refractivity contribution is -0.150. The smallest absolute Gasteiger partial charge is 0.193 e. The van der Waals surface area contributed by atoms with Crippen molar-refractivity contribution in [3.05, 3.63) is 68.2 Å². The van der Waals surface area contributed by atoms with Crippen LogP contribution in [0.2, 0.25) is 28.2 Å². The third-order valence-corrected chi connectivity index (χ3v) is 14.3. The number of benzene rings is 2. The van der Waals surface area contributed by atoms with Gasteiger partial charge in [0.15, 0.2) is 19.9 Å². The molecule has 0 radical (unpaired) electrons. The molecule has 0 unspecified atom stereocenters. The van der Waals surface area contributed by atoms with Crippen molar-refractivity contribution >= 4 is 42.9 Å². The summed E-state index contributed by atoms with van der Waals surface area (Å²) < 4.78 is 25.2. The molecule has 1 aliphatic heterocycles. The van der Waals surface area contributed by atoms with Crippen molar-refractivity contribution in [3.8, 4) is 5.75 Å². The first-order valence-corrected chi connectivity index (χ1v) is 17.6. The van der Waals surface area contributed by atoms with E-state index in [1.54, 1.807) is 0 Å². The predicted molar refractivity (Wildman–Crippen MR) is 163 cm³/mol. The summed E-state index contributed by atoms with van der Waals surface area (Å²) in [5.41, 5.74) is 5.05. The molecule has 40 heavy (non-hydrogen) atoms. The van der Waals surface area contributed by atoms with E-state index in [1.807, 2.05) is 44.2 Å². The van der Waals surface area contributed by atoms with Crippen LogP contribution in [-0.4, -0.2) is 45.3 Å². The Bertz CT molecular complexity index is 1400. The highest BCUT2D eigenvalue weighted by atomic mass is 35.5. The lowest BCUT2D eigenvalue weighted by Gasteiger charge is -2.37. The van der Waals surface area contributed by atoms with Crippen LogP contribution in [0.1, 0.15) is 75.5 Å². The molecule has 0 aromatic heterocycles. The van der Waals surface area contributed by atoms with E-state index < -0.39 is 14.1 Å². The normalized spacial score (nSPS) is 23.2. The van der Waals surface area contributed by atoms with Gasteiger partial charge in [-0.1, -0.05) is 57.8 Å². The van der Waals surface area contributed by atoms with Crippen LogP contribution in [0, 0.1) is 0 Å². The van der Waals surface area contributed by atoms with Crippen LogP contribution in [0.3, 0.4) is 0 Å². The number of fused-ring (bicyclic) bond motifs is 3. The van der Waals surface area contributed by atoms with Crippen LogP contribution in [0.5, 0.6) is 5.75 Å². The molecular weight excluding hydrogens is 563 g/mol. The maximum Gasteiger partial charge on any atom is 0.193 e. The van der Waals surface area contributed by atoms with Gasteiger partial charge in [0, 0.05) is 16.6 Å². The molecule has 8 heteroatoms. The minimum absolute atomic E-state index is 0.0186. The Hall–Kier alpha value is -1.67. The van der Waals surface area contributed by atoms with Gasteiger partial charge >= 0.3 is 0 Å². The molecule has 5 nitrogen and oxygen atoms in total. The number of ether oxygens (including phenoxy) is 3. The van der Waals surface area contributed by atoms with Crippen LogP contribution in [0.15, 0.2) is 35.9 Å². The van der Waals surface area contributed by atoms with Crippen molar-refractivity contribution in [2.75, 3.05) is 13.2 Å². The molecule has 1 fully saturated rings. The first kappa shape index (κ1) is 29.8. The van der Waals surface area contributed by atoms with Crippen molar-refractivity contribution in [3.63, 3.8) is 0 Å². The van der Waals surface area contributed by atoms with Gasteiger partial charge in [0.25, 0.3) is 0 Å². The van der Waals surface area contributed by atoms with Gasteiger partial charge in [0.2, 0.25) is 0 Å². The van der Waals surface area contributed by atoms with E-state index in [0.29, 0.717) is 41.0 Å². The average molecular weight is 604 g/mol. The van der Waals surface area contributed by atoms with Gasteiger partial charge in [-0.2, -0.15) is 0 Å². The Balaban J connectivity index is 1.35. The summed E-state index contributed by atoms with van der Waals surface area (Å²) in [4.78, 5) is 13.7. The first-order valence-electron chi connectivity index (χ1n) is 13.9. The summed E-state index contributed by atoms with van der Waals surface area (Å²) in [6.07, 6.45) is 0.157. The summed E-state index contributed by atoms with van der Waals surface area (Å²) in [6.45, 7) is 20.1. The molecule has 0 saturated carbocycles. The third-order valence-electron chi connectivity index (χ3n) is 9.09. The molecule has 0 bridgehead atoms. The zero-order chi connectivity index (χ0) is 29.4. The van der Waals surface area contributed by atoms with Gasteiger partial charge in [0.1, 0.15) is 24.6 Å². The molecule has 2 atom stereocenters. The molecule has 2 aliphatic carbocycles. The Labute approximate surface area is 249 Å². The van der Waals surface area contributed by atoms with Crippen LogP contribution in [0.4, 0.5) is 0 Å². The van der Waals surface area contributed by atoms with Crippen molar-refractivity contribution in [1.82, 2.24) is 0 Å². The molecule has 1 heterocycles. The van der Waals surface area contributed by atoms with Gasteiger partial charge in [-0.25, -0.2) is 0 Å². The molecule has 3 aliphatic rings. The summed E-state index contributed by atoms with van der Waals surface area (Å²) >= 11 is 12.6. The van der Waals surface area contributed by atoms with E-state index in [1.165, 1.54) is 0 Å². The Morgan fingerprint density at radius 1 is 0.950 bits per heavy atom. The lowest BCUT2D eigenvalue weighted by atomic mass is 9.68. The Morgan fingerprint density at radius 3 is 2.23 bits per heavy atom. The Morgan fingerprint density at radius 2 is 1.57 bits per heavy atom. The number of rotatable bonds is 6. The quantitative estimate of drug-likeness (QED) is 0.311. The maximum absolute atomic E-state index is 13.7. The summed E-state index contributed by atoms with van der Waals surface area (Å²) in [5.74, 6) is -0.000839. The van der Waals surface area contributed by atoms with Crippen LogP contribution in [-0.2, 0) is 25.7 Å². The fourth-order valence-corrected chi connectivity index (χ4v) is 7.07. The molecule has 2 aromatic rings. The van der Waals surface area contributed by atoms with E-state index in [9.17, 15) is 4.79 Å². The van der Waals surface area contributed by atoms with E-state index in [2.05, 4.69) is 47.7 Å². The largest absolute Gasteiger partial charge is 0.491 e. The third kappa shape index (κ3) is 5.21. The number of hydrogen-bond acceptors (Lipinski definition) is 5. The molecule has 0 amide bonds. The van der Waals surface area contributed by atoms with Crippen molar-refractivity contribution in [1.29, 1.82) is 0 Å². The highest BCUT2D eigenvalue weighted by Gasteiger charge is 2.46. The van der Waals surface area contributed by atoms with Crippen molar-refractivity contribution < 1.29 is 23.4 Å². The van der Waals surface area contributed by atoms with Gasteiger partial charge in [-0.15, -0.1) is 0 Å². The monoisotopic (exact) mass is 602 g/mol. The van der Waals surface area contributed by atoms with Crippen molar-refractivity contribution in [2.24, 2.45) is 0 Å². The second kappa shape index (κ2) is 9.96. The SMILES string of the molecule is CC1(C)O[C@H](COc2ccc3c(c2)C(C)(C)C2=C(C3=O)c3cc(Cl)c(Cl)cc3C2)[C@@H](CO[Si](C)(C)C(C)(C)C)O1. The number of carbonyl (C=O) groups excluding carboxylic acids is 1. The van der Waals surface area contributed by atoms with E-state index in [4.69, 9.17) is 41.8 Å². The highest BCUT2D eigenvalue weighted by Crippen LogP contribution is 2.51. The standard InChI is InChI=1S/C32H40Cl2O5Si/c1-30(2,3)40(8,9)37-17-27-26(38-32(6,7)39-27)16-36-19-10-11-20-22(14-19)31(4,5)23-12-18-13-24(33)25(34)15-21(18)28(23)29(20)35/h10-11,13-15,26-27H,12,16-17H2,1-9H3/t26-,27-/m1/s1. The van der Waals surface area contributed by atoms with Gasteiger partial charge < -0.3 is 18.6 Å².